The summed E-state index contributed by atoms with van der Waals surface area (Å²) in [4.78, 5) is 27.6. The van der Waals surface area contributed by atoms with Crippen LogP contribution in [-0.4, -0.2) is 41.8 Å². The number of ether oxygens (including phenoxy) is 2. The van der Waals surface area contributed by atoms with Crippen molar-refractivity contribution in [3.05, 3.63) is 17.4 Å². The Hall–Kier alpha value is -2.58. The van der Waals surface area contributed by atoms with Crippen LogP contribution in [0.4, 0.5) is 20.8 Å². The molecule has 8 nitrogen and oxygen atoms in total. The van der Waals surface area contributed by atoms with Crippen LogP contribution in [0.25, 0.3) is 0 Å². The maximum absolute atomic E-state index is 14.4. The van der Waals surface area contributed by atoms with Crippen molar-refractivity contribution in [3.63, 3.8) is 0 Å². The van der Waals surface area contributed by atoms with Crippen LogP contribution in [0.2, 0.25) is 0 Å². The molecule has 2 atom stereocenters. The van der Waals surface area contributed by atoms with Gasteiger partial charge in [-0.25, -0.2) is 19.0 Å². The number of methoxy groups -OCH3 is 1. The first kappa shape index (κ1) is 20.7. The third-order valence-electron chi connectivity index (χ3n) is 4.20. The summed E-state index contributed by atoms with van der Waals surface area (Å²) in [5.41, 5.74) is 5.01. The van der Waals surface area contributed by atoms with E-state index in [4.69, 9.17) is 10.5 Å². The van der Waals surface area contributed by atoms with Crippen LogP contribution < -0.4 is 16.4 Å². The zero-order chi connectivity index (χ0) is 20.2. The molecule has 1 saturated carbocycles. The van der Waals surface area contributed by atoms with Crippen LogP contribution >= 0.6 is 0 Å². The predicted molar refractivity (Wildman–Crippen MR) is 99.0 cm³/mol. The molecule has 27 heavy (non-hydrogen) atoms. The second-order valence-electron chi connectivity index (χ2n) is 7.53. The number of pyridine rings is 1. The molecule has 0 radical (unpaired) electrons. The topological polar surface area (TPSA) is 116 Å². The van der Waals surface area contributed by atoms with Gasteiger partial charge in [-0.3, -0.25) is 0 Å². The number of aromatic nitrogens is 1. The van der Waals surface area contributed by atoms with Crippen molar-refractivity contribution >= 4 is 23.7 Å². The normalized spacial score (nSPS) is 19.9. The zero-order valence-electron chi connectivity index (χ0n) is 16.1. The number of nitrogen functional groups attached to an aromatic ring is 1. The van der Waals surface area contributed by atoms with Crippen molar-refractivity contribution in [1.29, 1.82) is 0 Å². The van der Waals surface area contributed by atoms with Gasteiger partial charge in [0.1, 0.15) is 17.0 Å². The first-order chi connectivity index (χ1) is 12.6. The van der Waals surface area contributed by atoms with Gasteiger partial charge in [0.15, 0.2) is 11.6 Å². The quantitative estimate of drug-likeness (QED) is 0.686. The third kappa shape index (κ3) is 5.70. The van der Waals surface area contributed by atoms with Crippen LogP contribution in [-0.2, 0) is 9.47 Å². The molecule has 1 aromatic heterocycles. The minimum Gasteiger partial charge on any atom is -0.465 e. The van der Waals surface area contributed by atoms with Gasteiger partial charge in [-0.15, -0.1) is 0 Å². The smallest absolute Gasteiger partial charge is 0.407 e. The molecule has 150 valence electrons. The van der Waals surface area contributed by atoms with Crippen LogP contribution in [0.1, 0.15) is 56.8 Å². The number of esters is 1. The summed E-state index contributed by atoms with van der Waals surface area (Å²) in [6.07, 6.45) is 2.81. The molecule has 0 spiro atoms. The van der Waals surface area contributed by atoms with E-state index in [-0.39, 0.29) is 29.3 Å². The average Bonchev–Trinajstić information content (AvgIpc) is 2.57. The molecule has 1 heterocycles. The van der Waals surface area contributed by atoms with Gasteiger partial charge in [-0.2, -0.15) is 0 Å². The van der Waals surface area contributed by atoms with Crippen molar-refractivity contribution in [1.82, 2.24) is 10.3 Å². The molecule has 1 fully saturated rings. The van der Waals surface area contributed by atoms with Gasteiger partial charge in [0.25, 0.3) is 0 Å². The SMILES string of the molecule is COC(=O)c1cc(F)c(N[C@@H]2CCCC[C@@H]2NC(=O)OC(C)(C)C)nc1N. The standard InChI is InChI=1S/C18H27FN4O4/c1-18(2,3)27-17(25)22-13-8-6-5-7-12(13)21-15-11(19)9-10(14(20)23-15)16(24)26-4/h9,12-13H,5-8H2,1-4H3,(H,22,25)(H3,20,21,23)/t12-,13+/m1/s1. The van der Waals surface area contributed by atoms with Gasteiger partial charge in [-0.05, 0) is 39.7 Å². The molecular weight excluding hydrogens is 355 g/mol. The molecule has 2 rings (SSSR count). The second kappa shape index (κ2) is 8.41. The van der Waals surface area contributed by atoms with Gasteiger partial charge in [0, 0.05) is 6.04 Å². The summed E-state index contributed by atoms with van der Waals surface area (Å²) in [5, 5.41) is 5.84. The van der Waals surface area contributed by atoms with E-state index in [1.54, 1.807) is 20.8 Å². The fraction of sp³-hybridized carbons (Fsp3) is 0.611. The Labute approximate surface area is 158 Å². The number of alkyl carbamates (subject to hydrolysis) is 1. The fourth-order valence-electron chi connectivity index (χ4n) is 2.99. The number of hydrogen-bond acceptors (Lipinski definition) is 7. The van der Waals surface area contributed by atoms with E-state index in [1.165, 1.54) is 7.11 Å². The van der Waals surface area contributed by atoms with Gasteiger partial charge in [-0.1, -0.05) is 12.8 Å². The molecule has 1 amide bonds. The molecule has 4 N–H and O–H groups in total. The molecule has 0 aliphatic heterocycles. The first-order valence-electron chi connectivity index (χ1n) is 8.91. The Morgan fingerprint density at radius 2 is 1.89 bits per heavy atom. The summed E-state index contributed by atoms with van der Waals surface area (Å²) in [6, 6.07) is 0.517. The van der Waals surface area contributed by atoms with E-state index in [0.717, 1.165) is 31.7 Å². The summed E-state index contributed by atoms with van der Waals surface area (Å²) < 4.78 is 24.2. The number of carbonyl (C=O) groups is 2. The summed E-state index contributed by atoms with van der Waals surface area (Å²) >= 11 is 0. The first-order valence-corrected chi connectivity index (χ1v) is 8.91. The number of nitrogens with zero attached hydrogens (tertiary/aromatic N) is 1. The molecule has 1 aromatic rings. The maximum atomic E-state index is 14.4. The fourth-order valence-corrected chi connectivity index (χ4v) is 2.99. The Kier molecular flexibility index (Phi) is 6.45. The number of hydrogen-bond donors (Lipinski definition) is 3. The summed E-state index contributed by atoms with van der Waals surface area (Å²) in [7, 11) is 1.18. The predicted octanol–water partition coefficient (Wildman–Crippen LogP) is 2.84. The Morgan fingerprint density at radius 1 is 1.26 bits per heavy atom. The van der Waals surface area contributed by atoms with Crippen molar-refractivity contribution in [3.8, 4) is 0 Å². The Bertz CT molecular complexity index is 705. The lowest BCUT2D eigenvalue weighted by atomic mass is 9.90. The average molecular weight is 382 g/mol. The number of amides is 1. The van der Waals surface area contributed by atoms with Crippen molar-refractivity contribution in [2.75, 3.05) is 18.2 Å². The highest BCUT2D eigenvalue weighted by atomic mass is 19.1. The van der Waals surface area contributed by atoms with E-state index in [0.29, 0.717) is 0 Å². The van der Waals surface area contributed by atoms with Gasteiger partial charge in [0.2, 0.25) is 0 Å². The lowest BCUT2D eigenvalue weighted by molar-refractivity contribution is 0.0487. The monoisotopic (exact) mass is 382 g/mol. The largest absolute Gasteiger partial charge is 0.465 e. The van der Waals surface area contributed by atoms with E-state index in [9.17, 15) is 14.0 Å². The number of halogens is 1. The highest BCUT2D eigenvalue weighted by Crippen LogP contribution is 2.25. The van der Waals surface area contributed by atoms with E-state index in [2.05, 4.69) is 20.4 Å². The Morgan fingerprint density at radius 3 is 2.48 bits per heavy atom. The van der Waals surface area contributed by atoms with E-state index < -0.39 is 23.5 Å². The summed E-state index contributed by atoms with van der Waals surface area (Å²) in [5.74, 6) is -1.67. The van der Waals surface area contributed by atoms with Gasteiger partial charge >= 0.3 is 12.1 Å². The molecule has 1 aliphatic rings. The number of nitrogens with two attached hydrogens (primary N) is 1. The number of anilines is 2. The molecule has 0 bridgehead atoms. The van der Waals surface area contributed by atoms with Crippen molar-refractivity contribution < 1.29 is 23.5 Å². The number of rotatable bonds is 4. The van der Waals surface area contributed by atoms with Crippen molar-refractivity contribution in [2.45, 2.75) is 64.1 Å². The third-order valence-corrected chi connectivity index (χ3v) is 4.20. The molecule has 0 unspecified atom stereocenters. The van der Waals surface area contributed by atoms with Crippen LogP contribution in [0, 0.1) is 5.82 Å². The summed E-state index contributed by atoms with van der Waals surface area (Å²) in [6.45, 7) is 5.36. The molecular formula is C18H27FN4O4. The van der Waals surface area contributed by atoms with Crippen LogP contribution in [0.5, 0.6) is 0 Å². The highest BCUT2D eigenvalue weighted by Gasteiger charge is 2.29. The highest BCUT2D eigenvalue weighted by molar-refractivity contribution is 5.94. The minimum absolute atomic E-state index is 0.0666. The maximum Gasteiger partial charge on any atom is 0.407 e. The van der Waals surface area contributed by atoms with Crippen molar-refractivity contribution in [2.24, 2.45) is 0 Å². The zero-order valence-corrected chi connectivity index (χ0v) is 16.1. The molecule has 0 aromatic carbocycles. The lowest BCUT2D eigenvalue weighted by Crippen LogP contribution is -2.50. The Balaban J connectivity index is 2.13. The number of nitrogens with one attached hydrogen (secondary N) is 2. The lowest BCUT2D eigenvalue weighted by Gasteiger charge is -2.33. The van der Waals surface area contributed by atoms with Gasteiger partial charge in [0.05, 0.1) is 13.2 Å². The van der Waals surface area contributed by atoms with Gasteiger partial charge < -0.3 is 25.8 Å². The van der Waals surface area contributed by atoms with Crippen LogP contribution in [0.3, 0.4) is 0 Å². The second-order valence-corrected chi connectivity index (χ2v) is 7.53. The van der Waals surface area contributed by atoms with E-state index >= 15 is 0 Å². The molecule has 9 heteroatoms. The number of carbonyl (C=O) groups excluding carboxylic acids is 2. The van der Waals surface area contributed by atoms with E-state index in [1.807, 2.05) is 0 Å². The molecule has 0 saturated heterocycles. The van der Waals surface area contributed by atoms with Crippen LogP contribution in [0.15, 0.2) is 6.07 Å². The molecule has 1 aliphatic carbocycles. The minimum atomic E-state index is -0.757.